The number of ether oxygens (including phenoxy) is 1. The fourth-order valence-electron chi connectivity index (χ4n) is 3.43. The largest absolute Gasteiger partial charge is 0.496 e. The smallest absolute Gasteiger partial charge is 0.219 e. The third-order valence-corrected chi connectivity index (χ3v) is 5.13. The highest BCUT2D eigenvalue weighted by atomic mass is 16.5. The molecule has 0 aliphatic carbocycles. The minimum Gasteiger partial charge on any atom is -0.496 e. The molecular weight excluding hydrogens is 360 g/mol. The molecule has 0 amide bonds. The van der Waals surface area contributed by atoms with Gasteiger partial charge in [0.2, 0.25) is 5.95 Å². The van der Waals surface area contributed by atoms with Crippen molar-refractivity contribution in [2.45, 2.75) is 19.5 Å². The molecule has 0 bridgehead atoms. The van der Waals surface area contributed by atoms with E-state index in [0.717, 1.165) is 29.0 Å². The van der Waals surface area contributed by atoms with E-state index in [9.17, 15) is 0 Å². The fraction of sp³-hybridized carbons (Fsp3) is 0.167. The molecule has 1 heterocycles. The second-order valence-corrected chi connectivity index (χ2v) is 7.07. The van der Waals surface area contributed by atoms with Crippen LogP contribution in [0, 0.1) is 0 Å². The Balaban J connectivity index is 1.52. The summed E-state index contributed by atoms with van der Waals surface area (Å²) in [4.78, 5) is 8.19. The van der Waals surface area contributed by atoms with Gasteiger partial charge in [-0.2, -0.15) is 0 Å². The van der Waals surface area contributed by atoms with Crippen molar-refractivity contribution < 1.29 is 4.74 Å². The van der Waals surface area contributed by atoms with Crippen LogP contribution in [-0.2, 0) is 6.54 Å². The topological polar surface area (TPSA) is 73.1 Å². The maximum atomic E-state index is 5.61. The maximum absolute atomic E-state index is 5.61. The minimum atomic E-state index is 0.227. The quantitative estimate of drug-likeness (QED) is 0.502. The van der Waals surface area contributed by atoms with Crippen LogP contribution in [0.4, 0.5) is 5.95 Å². The number of nitrogens with two attached hydrogens (primary N) is 1. The first-order chi connectivity index (χ1) is 14.1. The molecule has 0 saturated carbocycles. The molecular formula is C24H24N4O. The van der Waals surface area contributed by atoms with Gasteiger partial charge in [-0.1, -0.05) is 42.5 Å². The summed E-state index contributed by atoms with van der Waals surface area (Å²) in [7, 11) is 1.66. The summed E-state index contributed by atoms with van der Waals surface area (Å²) in [5.41, 5.74) is 9.86. The van der Waals surface area contributed by atoms with Crippen LogP contribution in [0.3, 0.4) is 0 Å². The van der Waals surface area contributed by atoms with E-state index in [1.165, 1.54) is 16.3 Å². The van der Waals surface area contributed by atoms with Crippen molar-refractivity contribution in [2.24, 2.45) is 0 Å². The number of fused-ring (bicyclic) bond motifs is 1. The Kier molecular flexibility index (Phi) is 5.40. The van der Waals surface area contributed by atoms with Crippen LogP contribution in [0.1, 0.15) is 24.1 Å². The molecule has 0 spiro atoms. The van der Waals surface area contributed by atoms with Gasteiger partial charge in [0.1, 0.15) is 5.75 Å². The van der Waals surface area contributed by atoms with Gasteiger partial charge >= 0.3 is 0 Å². The van der Waals surface area contributed by atoms with Crippen molar-refractivity contribution >= 4 is 16.7 Å². The molecule has 5 nitrogen and oxygen atoms in total. The molecule has 0 radical (unpaired) electrons. The number of nitrogens with zero attached hydrogens (tertiary/aromatic N) is 2. The van der Waals surface area contributed by atoms with E-state index in [2.05, 4.69) is 76.8 Å². The van der Waals surface area contributed by atoms with E-state index in [1.54, 1.807) is 19.5 Å². The van der Waals surface area contributed by atoms with Gasteiger partial charge in [0, 0.05) is 36.1 Å². The van der Waals surface area contributed by atoms with Crippen molar-refractivity contribution in [3.05, 3.63) is 84.2 Å². The van der Waals surface area contributed by atoms with Gasteiger partial charge in [-0.05, 0) is 47.0 Å². The van der Waals surface area contributed by atoms with E-state index < -0.39 is 0 Å². The number of rotatable bonds is 6. The molecule has 0 fully saturated rings. The molecule has 29 heavy (non-hydrogen) atoms. The molecule has 0 aliphatic rings. The van der Waals surface area contributed by atoms with Crippen molar-refractivity contribution in [1.29, 1.82) is 0 Å². The van der Waals surface area contributed by atoms with Gasteiger partial charge < -0.3 is 15.8 Å². The average molecular weight is 384 g/mol. The van der Waals surface area contributed by atoms with Crippen LogP contribution in [0.5, 0.6) is 5.75 Å². The van der Waals surface area contributed by atoms with Gasteiger partial charge in [-0.25, -0.2) is 9.97 Å². The predicted molar refractivity (Wildman–Crippen MR) is 118 cm³/mol. The first kappa shape index (κ1) is 18.9. The molecule has 0 unspecified atom stereocenters. The average Bonchev–Trinajstić information content (AvgIpc) is 2.77. The van der Waals surface area contributed by atoms with Gasteiger partial charge in [-0.15, -0.1) is 0 Å². The molecule has 3 N–H and O–H groups in total. The van der Waals surface area contributed by atoms with Crippen molar-refractivity contribution in [3.8, 4) is 16.9 Å². The zero-order valence-corrected chi connectivity index (χ0v) is 16.6. The van der Waals surface area contributed by atoms with Gasteiger partial charge in [0.15, 0.2) is 0 Å². The Morgan fingerprint density at radius 2 is 1.72 bits per heavy atom. The SMILES string of the molecule is COc1ccc(CN[C@H](C)c2ccc3ccccc3c2)cc1-c1cnc(N)nc1. The van der Waals surface area contributed by atoms with Crippen LogP contribution in [0.15, 0.2) is 73.1 Å². The predicted octanol–water partition coefficient (Wildman–Crippen LogP) is 4.74. The van der Waals surface area contributed by atoms with Crippen molar-refractivity contribution in [3.63, 3.8) is 0 Å². The molecule has 1 aromatic heterocycles. The first-order valence-corrected chi connectivity index (χ1v) is 9.61. The number of anilines is 1. The molecule has 0 aliphatic heterocycles. The van der Waals surface area contributed by atoms with Crippen molar-refractivity contribution in [2.75, 3.05) is 12.8 Å². The van der Waals surface area contributed by atoms with Crippen LogP contribution in [-0.4, -0.2) is 17.1 Å². The standard InChI is InChI=1S/C24H24N4O/c1-16(19-9-8-18-5-3-4-6-20(18)12-19)26-13-17-7-10-23(29-2)22(11-17)21-14-27-24(25)28-15-21/h3-12,14-16,26H,13H2,1-2H3,(H2,25,27,28)/t16-/m1/s1. The highest BCUT2D eigenvalue weighted by Crippen LogP contribution is 2.30. The third-order valence-electron chi connectivity index (χ3n) is 5.13. The van der Waals surface area contributed by atoms with Gasteiger partial charge in [0.25, 0.3) is 0 Å². The number of nitrogen functional groups attached to an aromatic ring is 1. The summed E-state index contributed by atoms with van der Waals surface area (Å²) >= 11 is 0. The molecule has 0 saturated heterocycles. The summed E-state index contributed by atoms with van der Waals surface area (Å²) in [6, 6.07) is 21.4. The lowest BCUT2D eigenvalue weighted by Crippen LogP contribution is -2.18. The summed E-state index contributed by atoms with van der Waals surface area (Å²) in [6.45, 7) is 2.92. The Morgan fingerprint density at radius 1 is 0.966 bits per heavy atom. The number of benzene rings is 3. The number of aromatic nitrogens is 2. The van der Waals surface area contributed by atoms with Crippen LogP contribution in [0.2, 0.25) is 0 Å². The van der Waals surface area contributed by atoms with Gasteiger partial charge in [0.05, 0.1) is 7.11 Å². The van der Waals surface area contributed by atoms with Crippen LogP contribution < -0.4 is 15.8 Å². The number of hydrogen-bond acceptors (Lipinski definition) is 5. The Morgan fingerprint density at radius 3 is 2.48 bits per heavy atom. The normalized spacial score (nSPS) is 12.1. The molecule has 5 heteroatoms. The summed E-state index contributed by atoms with van der Waals surface area (Å²) < 4.78 is 5.51. The van der Waals surface area contributed by atoms with Crippen molar-refractivity contribution in [1.82, 2.24) is 15.3 Å². The van der Waals surface area contributed by atoms with E-state index in [4.69, 9.17) is 10.5 Å². The number of methoxy groups -OCH3 is 1. The second-order valence-electron chi connectivity index (χ2n) is 7.07. The Hall–Kier alpha value is -3.44. The lowest BCUT2D eigenvalue weighted by atomic mass is 10.0. The number of nitrogens with one attached hydrogen (secondary N) is 1. The zero-order chi connectivity index (χ0) is 20.2. The maximum Gasteiger partial charge on any atom is 0.219 e. The Labute approximate surface area is 170 Å². The summed E-state index contributed by atoms with van der Waals surface area (Å²) in [5.74, 6) is 1.04. The second kappa shape index (κ2) is 8.29. The van der Waals surface area contributed by atoms with E-state index >= 15 is 0 Å². The lowest BCUT2D eigenvalue weighted by molar-refractivity contribution is 0.416. The molecule has 3 aromatic carbocycles. The highest BCUT2D eigenvalue weighted by molar-refractivity contribution is 5.83. The fourth-order valence-corrected chi connectivity index (χ4v) is 3.43. The highest BCUT2D eigenvalue weighted by Gasteiger charge is 2.10. The zero-order valence-electron chi connectivity index (χ0n) is 16.6. The van der Waals surface area contributed by atoms with Crippen LogP contribution >= 0.6 is 0 Å². The summed E-state index contributed by atoms with van der Waals surface area (Å²) in [5, 5.41) is 6.13. The monoisotopic (exact) mass is 384 g/mol. The van der Waals surface area contributed by atoms with Crippen LogP contribution in [0.25, 0.3) is 21.9 Å². The third kappa shape index (κ3) is 4.20. The van der Waals surface area contributed by atoms with E-state index in [-0.39, 0.29) is 12.0 Å². The van der Waals surface area contributed by atoms with Gasteiger partial charge in [-0.3, -0.25) is 0 Å². The number of hydrogen-bond donors (Lipinski definition) is 2. The molecule has 4 rings (SSSR count). The lowest BCUT2D eigenvalue weighted by Gasteiger charge is -2.16. The minimum absolute atomic E-state index is 0.227. The molecule has 146 valence electrons. The Bertz CT molecular complexity index is 1130. The molecule has 4 aromatic rings. The van der Waals surface area contributed by atoms with E-state index in [1.807, 2.05) is 6.07 Å². The summed E-state index contributed by atoms with van der Waals surface area (Å²) in [6.07, 6.45) is 3.43. The molecule has 1 atom stereocenters. The first-order valence-electron chi connectivity index (χ1n) is 9.61. The van der Waals surface area contributed by atoms with E-state index in [0.29, 0.717) is 0 Å².